The molecule has 2 heterocycles. The molecule has 1 atom stereocenters. The molecule has 1 amide bonds. The minimum absolute atomic E-state index is 0.0151. The van der Waals surface area contributed by atoms with Gasteiger partial charge in [0.1, 0.15) is 5.69 Å². The molecule has 0 saturated carbocycles. The molecule has 0 radical (unpaired) electrons. The summed E-state index contributed by atoms with van der Waals surface area (Å²) < 4.78 is 1.81. The van der Waals surface area contributed by atoms with Crippen LogP contribution in [0.2, 0.25) is 0 Å². The number of hydroxylamine groups is 1. The molecule has 0 aliphatic rings. The Kier molecular flexibility index (Phi) is 5.41. The van der Waals surface area contributed by atoms with E-state index in [1.807, 2.05) is 0 Å². The molecule has 0 saturated heterocycles. The molecule has 7 nitrogen and oxygen atoms in total. The van der Waals surface area contributed by atoms with E-state index in [9.17, 15) is 4.79 Å². The Bertz CT molecular complexity index is 968. The second-order valence-electron chi connectivity index (χ2n) is 7.31. The first-order valence-electron chi connectivity index (χ1n) is 9.06. The third kappa shape index (κ3) is 3.93. The van der Waals surface area contributed by atoms with Crippen molar-refractivity contribution in [3.05, 3.63) is 53.5 Å². The molecule has 3 N–H and O–H groups in total. The normalized spacial score (nSPS) is 13.1. The molecule has 1 aromatic carbocycles. The number of nitrogens with one attached hydrogen (secondary N) is 2. The monoisotopic (exact) mass is 367 g/mol. The molecular weight excluding hydrogens is 342 g/mol. The lowest BCUT2D eigenvalue weighted by atomic mass is 9.97. The minimum Gasteiger partial charge on any atom is -0.357 e. The Morgan fingerprint density at radius 2 is 2.07 bits per heavy atom. The zero-order valence-electron chi connectivity index (χ0n) is 16.0. The molecule has 7 heteroatoms. The second kappa shape index (κ2) is 7.75. The zero-order chi connectivity index (χ0) is 19.6. The van der Waals surface area contributed by atoms with Gasteiger partial charge in [0.2, 0.25) is 0 Å². The van der Waals surface area contributed by atoms with Gasteiger partial charge < -0.3 is 4.98 Å². The van der Waals surface area contributed by atoms with Crippen LogP contribution in [0.3, 0.4) is 0 Å². The van der Waals surface area contributed by atoms with Gasteiger partial charge in [0.25, 0.3) is 5.91 Å². The molecule has 0 aliphatic carbocycles. The van der Waals surface area contributed by atoms with Crippen LogP contribution in [0.25, 0.3) is 17.0 Å². The second-order valence-corrected chi connectivity index (χ2v) is 7.31. The SMILES string of the molecule is CC(C)c1cccc2[nH]c(C(C(C)C)n3cc(C=CC(=O)NO)nn3)cc12. The number of aromatic nitrogens is 4. The highest BCUT2D eigenvalue weighted by Gasteiger charge is 2.22. The van der Waals surface area contributed by atoms with Gasteiger partial charge in [0.05, 0.1) is 12.2 Å². The fraction of sp³-hybridized carbons (Fsp3) is 0.350. The number of nitrogens with zero attached hydrogens (tertiary/aromatic N) is 3. The number of amides is 1. The highest BCUT2D eigenvalue weighted by atomic mass is 16.5. The predicted octanol–water partition coefficient (Wildman–Crippen LogP) is 3.65. The Morgan fingerprint density at radius 1 is 1.30 bits per heavy atom. The lowest BCUT2D eigenvalue weighted by Gasteiger charge is -2.19. The molecule has 0 bridgehead atoms. The molecule has 0 aliphatic heterocycles. The van der Waals surface area contributed by atoms with Gasteiger partial charge in [-0.3, -0.25) is 10.0 Å². The van der Waals surface area contributed by atoms with Crippen LogP contribution in [0.1, 0.15) is 56.6 Å². The minimum atomic E-state index is -0.609. The van der Waals surface area contributed by atoms with Crippen molar-refractivity contribution in [3.63, 3.8) is 0 Å². The van der Waals surface area contributed by atoms with Gasteiger partial charge in [0, 0.05) is 22.7 Å². The van der Waals surface area contributed by atoms with E-state index in [-0.39, 0.29) is 12.0 Å². The molecule has 142 valence electrons. The number of benzene rings is 1. The molecule has 2 aromatic heterocycles. The first-order chi connectivity index (χ1) is 12.9. The van der Waals surface area contributed by atoms with E-state index in [2.05, 4.69) is 67.3 Å². The van der Waals surface area contributed by atoms with Crippen molar-refractivity contribution in [1.29, 1.82) is 0 Å². The number of carbonyl (C=O) groups excluding carboxylic acids is 1. The van der Waals surface area contributed by atoms with Crippen molar-refractivity contribution in [2.24, 2.45) is 5.92 Å². The maximum atomic E-state index is 11.1. The van der Waals surface area contributed by atoms with Crippen molar-refractivity contribution in [1.82, 2.24) is 25.5 Å². The number of carbonyl (C=O) groups is 1. The van der Waals surface area contributed by atoms with Crippen molar-refractivity contribution in [3.8, 4) is 0 Å². The molecule has 27 heavy (non-hydrogen) atoms. The van der Waals surface area contributed by atoms with Crippen LogP contribution in [0.15, 0.2) is 36.5 Å². The van der Waals surface area contributed by atoms with E-state index in [1.54, 1.807) is 16.4 Å². The summed E-state index contributed by atoms with van der Waals surface area (Å²) >= 11 is 0. The van der Waals surface area contributed by atoms with E-state index in [1.165, 1.54) is 23.1 Å². The van der Waals surface area contributed by atoms with Gasteiger partial charge in [-0.15, -0.1) is 5.10 Å². The van der Waals surface area contributed by atoms with Gasteiger partial charge in [-0.05, 0) is 35.6 Å². The highest BCUT2D eigenvalue weighted by Crippen LogP contribution is 2.32. The fourth-order valence-electron chi connectivity index (χ4n) is 3.37. The predicted molar refractivity (Wildman–Crippen MR) is 104 cm³/mol. The largest absolute Gasteiger partial charge is 0.357 e. The van der Waals surface area contributed by atoms with E-state index in [0.717, 1.165) is 11.2 Å². The van der Waals surface area contributed by atoms with Crippen molar-refractivity contribution >= 4 is 22.9 Å². The number of hydrogen-bond donors (Lipinski definition) is 3. The molecule has 0 spiro atoms. The zero-order valence-corrected chi connectivity index (χ0v) is 16.0. The number of rotatable bonds is 6. The van der Waals surface area contributed by atoms with Crippen LogP contribution in [0.5, 0.6) is 0 Å². The molecule has 3 rings (SSSR count). The standard InChI is InChI=1S/C20H25N5O2/c1-12(2)15-6-5-7-17-16(15)10-18(21-17)20(13(3)4)25-11-14(22-24-25)8-9-19(26)23-27/h5-13,20-21,27H,1-4H3,(H,23,26). The Hall–Kier alpha value is -2.93. The summed E-state index contributed by atoms with van der Waals surface area (Å²) in [6, 6.07) is 8.52. The van der Waals surface area contributed by atoms with Gasteiger partial charge >= 0.3 is 0 Å². The molecule has 1 unspecified atom stereocenters. The third-order valence-electron chi connectivity index (χ3n) is 4.62. The van der Waals surface area contributed by atoms with Crippen molar-refractivity contribution in [2.75, 3.05) is 0 Å². The lowest BCUT2D eigenvalue weighted by molar-refractivity contribution is -0.124. The van der Waals surface area contributed by atoms with Crippen molar-refractivity contribution in [2.45, 2.75) is 39.7 Å². The van der Waals surface area contributed by atoms with Gasteiger partial charge in [-0.2, -0.15) is 0 Å². The fourth-order valence-corrected chi connectivity index (χ4v) is 3.37. The average Bonchev–Trinajstić information content (AvgIpc) is 3.25. The number of hydrogen-bond acceptors (Lipinski definition) is 4. The highest BCUT2D eigenvalue weighted by molar-refractivity contribution is 5.90. The number of H-pyrrole nitrogens is 1. The van der Waals surface area contributed by atoms with Gasteiger partial charge in [0.15, 0.2) is 0 Å². The summed E-state index contributed by atoms with van der Waals surface area (Å²) in [6.07, 6.45) is 4.51. The van der Waals surface area contributed by atoms with Crippen molar-refractivity contribution < 1.29 is 10.0 Å². The smallest absolute Gasteiger partial charge is 0.267 e. The average molecular weight is 367 g/mol. The van der Waals surface area contributed by atoms with Crippen LogP contribution in [0.4, 0.5) is 0 Å². The first-order valence-corrected chi connectivity index (χ1v) is 9.06. The Balaban J connectivity index is 1.98. The summed E-state index contributed by atoms with van der Waals surface area (Å²) in [7, 11) is 0. The topological polar surface area (TPSA) is 95.8 Å². The first kappa shape index (κ1) is 18.8. The summed E-state index contributed by atoms with van der Waals surface area (Å²) in [5.41, 5.74) is 5.60. The molecule has 0 fully saturated rings. The van der Waals surface area contributed by atoms with E-state index < -0.39 is 5.91 Å². The number of fused-ring (bicyclic) bond motifs is 1. The summed E-state index contributed by atoms with van der Waals surface area (Å²) in [4.78, 5) is 14.7. The van der Waals surface area contributed by atoms with E-state index >= 15 is 0 Å². The van der Waals surface area contributed by atoms with Crippen LogP contribution < -0.4 is 5.48 Å². The Labute approximate surface area is 158 Å². The summed E-state index contributed by atoms with van der Waals surface area (Å²) in [5, 5.41) is 18.1. The van der Waals surface area contributed by atoms with Gasteiger partial charge in [-0.1, -0.05) is 45.0 Å². The molecular formula is C20H25N5O2. The number of aromatic amines is 1. The van der Waals surface area contributed by atoms with Crippen LogP contribution in [-0.2, 0) is 4.79 Å². The summed E-state index contributed by atoms with van der Waals surface area (Å²) in [5.74, 6) is 0.109. The summed E-state index contributed by atoms with van der Waals surface area (Å²) in [6.45, 7) is 8.66. The van der Waals surface area contributed by atoms with Crippen LogP contribution >= 0.6 is 0 Å². The maximum Gasteiger partial charge on any atom is 0.267 e. The van der Waals surface area contributed by atoms with Crippen LogP contribution in [-0.4, -0.2) is 31.1 Å². The third-order valence-corrected chi connectivity index (χ3v) is 4.62. The lowest BCUT2D eigenvalue weighted by Crippen LogP contribution is -2.17. The van der Waals surface area contributed by atoms with E-state index in [0.29, 0.717) is 11.6 Å². The van der Waals surface area contributed by atoms with Gasteiger partial charge in [-0.25, -0.2) is 10.2 Å². The molecule has 3 aromatic rings. The quantitative estimate of drug-likeness (QED) is 0.352. The van der Waals surface area contributed by atoms with Crippen LogP contribution in [0, 0.1) is 5.92 Å². The Morgan fingerprint density at radius 3 is 2.74 bits per heavy atom. The maximum absolute atomic E-state index is 11.1. The van der Waals surface area contributed by atoms with E-state index in [4.69, 9.17) is 5.21 Å².